The van der Waals surface area contributed by atoms with Gasteiger partial charge in [0.1, 0.15) is 4.90 Å². The van der Waals surface area contributed by atoms with E-state index in [4.69, 9.17) is 9.52 Å². The van der Waals surface area contributed by atoms with Crippen LogP contribution in [0.25, 0.3) is 0 Å². The molecule has 0 aromatic carbocycles. The van der Waals surface area contributed by atoms with Crippen LogP contribution in [0.2, 0.25) is 0 Å². The number of furan rings is 1. The first-order chi connectivity index (χ1) is 9.72. The third kappa shape index (κ3) is 3.49. The van der Waals surface area contributed by atoms with Gasteiger partial charge in [-0.2, -0.15) is 0 Å². The molecule has 1 aliphatic rings. The molecular formula is C13H18BrNO5S. The van der Waals surface area contributed by atoms with E-state index in [0.717, 1.165) is 25.3 Å². The predicted molar refractivity (Wildman–Crippen MR) is 79.7 cm³/mol. The number of aromatic carboxylic acids is 1. The molecule has 0 amide bonds. The molecule has 0 bridgehead atoms. The van der Waals surface area contributed by atoms with E-state index in [1.165, 1.54) is 0 Å². The summed E-state index contributed by atoms with van der Waals surface area (Å²) in [5, 5.41) is 8.86. The van der Waals surface area contributed by atoms with E-state index >= 15 is 0 Å². The van der Waals surface area contributed by atoms with E-state index in [0.29, 0.717) is 5.92 Å². The van der Waals surface area contributed by atoms with Crippen LogP contribution in [0.3, 0.4) is 0 Å². The molecule has 1 saturated carbocycles. The van der Waals surface area contributed by atoms with Crippen LogP contribution >= 0.6 is 15.9 Å². The van der Waals surface area contributed by atoms with E-state index in [-0.39, 0.29) is 21.5 Å². The molecule has 2 N–H and O–H groups in total. The highest BCUT2D eigenvalue weighted by molar-refractivity contribution is 9.10. The average Bonchev–Trinajstić information content (AvgIpc) is 2.78. The average molecular weight is 380 g/mol. The quantitative estimate of drug-likeness (QED) is 0.837. The number of carboxylic acids is 1. The first kappa shape index (κ1) is 16.5. The van der Waals surface area contributed by atoms with E-state index in [1.807, 2.05) is 6.92 Å². The Morgan fingerprint density at radius 2 is 2.10 bits per heavy atom. The zero-order valence-electron chi connectivity index (χ0n) is 11.8. The molecule has 0 spiro atoms. The maximum absolute atomic E-state index is 12.4. The smallest absolute Gasteiger partial charge is 0.371 e. The monoisotopic (exact) mass is 379 g/mol. The Bertz CT molecular complexity index is 639. The van der Waals surface area contributed by atoms with Gasteiger partial charge in [0.25, 0.3) is 0 Å². The van der Waals surface area contributed by atoms with Gasteiger partial charge in [0, 0.05) is 12.1 Å². The predicted octanol–water partition coefficient (Wildman–Crippen LogP) is 2.84. The van der Waals surface area contributed by atoms with Crippen molar-refractivity contribution >= 4 is 31.9 Å². The van der Waals surface area contributed by atoms with Gasteiger partial charge in [-0.25, -0.2) is 17.9 Å². The maximum Gasteiger partial charge on any atom is 0.371 e. The Hall–Kier alpha value is -0.860. The zero-order valence-corrected chi connectivity index (χ0v) is 14.2. The summed E-state index contributed by atoms with van der Waals surface area (Å²) >= 11 is 2.96. The molecule has 1 aliphatic carbocycles. The molecule has 1 fully saturated rings. The minimum absolute atomic E-state index is 0.0936. The largest absolute Gasteiger partial charge is 0.475 e. The van der Waals surface area contributed by atoms with Gasteiger partial charge in [-0.15, -0.1) is 0 Å². The van der Waals surface area contributed by atoms with Crippen LogP contribution in [0, 0.1) is 11.8 Å². The highest BCUT2D eigenvalue weighted by Crippen LogP contribution is 2.32. The fraction of sp³-hybridized carbons (Fsp3) is 0.615. The third-order valence-corrected chi connectivity index (χ3v) is 6.52. The summed E-state index contributed by atoms with van der Waals surface area (Å²) in [6, 6.07) is 0.875. The lowest BCUT2D eigenvalue weighted by Gasteiger charge is -2.34. The van der Waals surface area contributed by atoms with Crippen LogP contribution < -0.4 is 4.72 Å². The number of hydrogen-bond donors (Lipinski definition) is 2. The molecule has 3 atom stereocenters. The lowest BCUT2D eigenvalue weighted by atomic mass is 9.78. The van der Waals surface area contributed by atoms with Crippen molar-refractivity contribution < 1.29 is 22.7 Å². The van der Waals surface area contributed by atoms with E-state index in [2.05, 4.69) is 27.6 Å². The molecule has 1 heterocycles. The van der Waals surface area contributed by atoms with Crippen LogP contribution in [0.15, 0.2) is 20.0 Å². The Balaban J connectivity index is 2.24. The Morgan fingerprint density at radius 1 is 1.43 bits per heavy atom. The molecule has 6 nitrogen and oxygen atoms in total. The molecule has 0 aliphatic heterocycles. The molecular weight excluding hydrogens is 362 g/mol. The minimum Gasteiger partial charge on any atom is -0.475 e. The third-order valence-electron chi connectivity index (χ3n) is 4.17. The summed E-state index contributed by atoms with van der Waals surface area (Å²) in [7, 11) is -3.81. The normalized spacial score (nSPS) is 26.7. The number of nitrogens with one attached hydrogen (secondary N) is 1. The fourth-order valence-electron chi connectivity index (χ4n) is 2.65. The van der Waals surface area contributed by atoms with Crippen molar-refractivity contribution in [2.75, 3.05) is 0 Å². The topological polar surface area (TPSA) is 96.6 Å². The summed E-state index contributed by atoms with van der Waals surface area (Å²) in [4.78, 5) is 10.7. The second-order valence-corrected chi connectivity index (χ2v) is 7.95. The number of carboxylic acid groups (broad SMARTS) is 1. The number of sulfonamides is 1. The van der Waals surface area contributed by atoms with Crippen LogP contribution in [0.4, 0.5) is 0 Å². The van der Waals surface area contributed by atoms with Crippen molar-refractivity contribution in [3.8, 4) is 0 Å². The summed E-state index contributed by atoms with van der Waals surface area (Å²) in [5.41, 5.74) is 0. The number of halogens is 1. The molecule has 0 saturated heterocycles. The number of carbonyl (C=O) groups is 1. The van der Waals surface area contributed by atoms with Gasteiger partial charge >= 0.3 is 5.97 Å². The first-order valence-electron chi connectivity index (χ1n) is 6.77. The molecule has 118 valence electrons. The first-order valence-corrected chi connectivity index (χ1v) is 9.05. The highest BCUT2D eigenvalue weighted by Gasteiger charge is 2.33. The minimum atomic E-state index is -3.81. The maximum atomic E-state index is 12.4. The van der Waals surface area contributed by atoms with Gasteiger partial charge in [-0.3, -0.25) is 0 Å². The van der Waals surface area contributed by atoms with Crippen LogP contribution in [0.1, 0.15) is 43.7 Å². The summed E-state index contributed by atoms with van der Waals surface area (Å²) in [6.45, 7) is 4.14. The van der Waals surface area contributed by atoms with Gasteiger partial charge in [-0.1, -0.05) is 26.7 Å². The summed E-state index contributed by atoms with van der Waals surface area (Å²) in [6.07, 6.45) is 2.86. The SMILES string of the molecule is CC1CCCC(NS(=O)(=O)c2cc(C(=O)O)oc2Br)C1C. The summed E-state index contributed by atoms with van der Waals surface area (Å²) in [5.74, 6) is -1.03. The van der Waals surface area contributed by atoms with Gasteiger partial charge in [0.05, 0.1) is 0 Å². The Kier molecular flexibility index (Phi) is 4.79. The molecule has 0 radical (unpaired) electrons. The van der Waals surface area contributed by atoms with E-state index in [1.54, 1.807) is 0 Å². The van der Waals surface area contributed by atoms with Crippen molar-refractivity contribution in [2.45, 2.75) is 44.0 Å². The second-order valence-electron chi connectivity index (χ2n) is 5.55. The van der Waals surface area contributed by atoms with Crippen molar-refractivity contribution in [3.05, 3.63) is 16.5 Å². The van der Waals surface area contributed by atoms with Gasteiger partial charge in [0.2, 0.25) is 15.8 Å². The van der Waals surface area contributed by atoms with Crippen LogP contribution in [0.5, 0.6) is 0 Å². The van der Waals surface area contributed by atoms with Crippen molar-refractivity contribution in [3.63, 3.8) is 0 Å². The molecule has 1 aromatic rings. The molecule has 8 heteroatoms. The number of hydrogen-bond acceptors (Lipinski definition) is 4. The van der Waals surface area contributed by atoms with Crippen molar-refractivity contribution in [1.29, 1.82) is 0 Å². The Labute approximate surface area is 132 Å². The molecule has 1 aromatic heterocycles. The van der Waals surface area contributed by atoms with Crippen LogP contribution in [-0.2, 0) is 10.0 Å². The highest BCUT2D eigenvalue weighted by atomic mass is 79.9. The van der Waals surface area contributed by atoms with Gasteiger partial charge in [0.15, 0.2) is 4.67 Å². The van der Waals surface area contributed by atoms with Gasteiger partial charge in [-0.05, 0) is 34.2 Å². The summed E-state index contributed by atoms with van der Waals surface area (Å²) < 4.78 is 32.3. The van der Waals surface area contributed by atoms with Gasteiger partial charge < -0.3 is 9.52 Å². The standard InChI is InChI=1S/C13H18BrNO5S/c1-7-4-3-5-9(8(7)2)15-21(18,19)11-6-10(13(16)17)20-12(11)14/h6-9,15H,3-5H2,1-2H3,(H,16,17). The van der Waals surface area contributed by atoms with E-state index < -0.39 is 21.8 Å². The van der Waals surface area contributed by atoms with Crippen molar-refractivity contribution in [2.24, 2.45) is 11.8 Å². The zero-order chi connectivity index (χ0) is 15.8. The van der Waals surface area contributed by atoms with E-state index in [9.17, 15) is 13.2 Å². The molecule has 3 unspecified atom stereocenters. The fourth-order valence-corrected chi connectivity index (χ4v) is 4.95. The lowest BCUT2D eigenvalue weighted by Crippen LogP contribution is -2.43. The Morgan fingerprint density at radius 3 is 2.67 bits per heavy atom. The van der Waals surface area contributed by atoms with Crippen molar-refractivity contribution in [1.82, 2.24) is 4.72 Å². The number of rotatable bonds is 4. The molecule has 2 rings (SSSR count). The lowest BCUT2D eigenvalue weighted by molar-refractivity contribution is 0.0661. The second kappa shape index (κ2) is 6.10. The van der Waals surface area contributed by atoms with Crippen LogP contribution in [-0.4, -0.2) is 25.5 Å². The molecule has 21 heavy (non-hydrogen) atoms.